The third kappa shape index (κ3) is 0.967. The minimum Gasteiger partial charge on any atom is -0.206 e. The summed E-state index contributed by atoms with van der Waals surface area (Å²) in [6, 6.07) is 6.97. The van der Waals surface area contributed by atoms with E-state index in [-0.39, 0.29) is 11.6 Å². The van der Waals surface area contributed by atoms with Crippen LogP contribution in [0.25, 0.3) is 22.3 Å². The lowest BCUT2D eigenvalue weighted by Gasteiger charge is -2.26. The van der Waals surface area contributed by atoms with Crippen LogP contribution in [0.3, 0.4) is 0 Å². The van der Waals surface area contributed by atoms with Gasteiger partial charge in [0.1, 0.15) is 11.6 Å². The van der Waals surface area contributed by atoms with Crippen LogP contribution in [0.2, 0.25) is 0 Å². The average molecular weight is 216 g/mol. The average Bonchev–Trinajstić information content (AvgIpc) is 2.22. The highest BCUT2D eigenvalue weighted by Gasteiger charge is 2.30. The van der Waals surface area contributed by atoms with Gasteiger partial charge in [0, 0.05) is 11.1 Å². The van der Waals surface area contributed by atoms with E-state index in [0.29, 0.717) is 33.4 Å². The zero-order chi connectivity index (χ0) is 11.4. The van der Waals surface area contributed by atoms with Gasteiger partial charge >= 0.3 is 0 Å². The van der Waals surface area contributed by atoms with Gasteiger partial charge in [-0.25, -0.2) is 8.78 Å². The summed E-state index contributed by atoms with van der Waals surface area (Å²) >= 11 is 0. The van der Waals surface area contributed by atoms with Gasteiger partial charge in [0.15, 0.2) is 0 Å². The largest absolute Gasteiger partial charge is 0.206 e. The summed E-state index contributed by atoms with van der Waals surface area (Å²) in [5, 5.41) is 0. The summed E-state index contributed by atoms with van der Waals surface area (Å²) in [5.41, 5.74) is 3.72. The van der Waals surface area contributed by atoms with E-state index >= 15 is 0 Å². The molecule has 2 heteroatoms. The Morgan fingerprint density at radius 3 is 1.44 bits per heavy atom. The molecule has 0 saturated heterocycles. The molecule has 0 fully saturated rings. The highest BCUT2D eigenvalue weighted by Crippen LogP contribution is 2.50. The van der Waals surface area contributed by atoms with Crippen LogP contribution in [0.1, 0.15) is 11.1 Å². The SMILES string of the molecule is Cc1ccc2c(c1F)-c1ccc(C)c(F)c1-2. The highest BCUT2D eigenvalue weighted by molar-refractivity contribution is 6.03. The number of aryl methyl sites for hydroxylation is 2. The standard InChI is InChI=1S/C14H10F2/c1-7-3-5-9-11(13(7)15)10-6-4-8(2)14(16)12(9)10/h3-6H,1-2H3. The van der Waals surface area contributed by atoms with E-state index in [9.17, 15) is 8.78 Å². The predicted molar refractivity (Wildman–Crippen MR) is 60.3 cm³/mol. The van der Waals surface area contributed by atoms with E-state index in [0.717, 1.165) is 0 Å². The lowest BCUT2D eigenvalue weighted by molar-refractivity contribution is 0.611. The molecule has 0 heterocycles. The summed E-state index contributed by atoms with van der Waals surface area (Å²) in [6.45, 7) is 3.44. The fraction of sp³-hybridized carbons (Fsp3) is 0.143. The van der Waals surface area contributed by atoms with Crippen LogP contribution in [-0.2, 0) is 0 Å². The van der Waals surface area contributed by atoms with Crippen LogP contribution in [0, 0.1) is 25.5 Å². The monoisotopic (exact) mass is 216 g/mol. The molecule has 80 valence electrons. The van der Waals surface area contributed by atoms with Crippen molar-refractivity contribution in [1.29, 1.82) is 0 Å². The number of rotatable bonds is 0. The van der Waals surface area contributed by atoms with Crippen LogP contribution in [-0.4, -0.2) is 0 Å². The van der Waals surface area contributed by atoms with E-state index in [1.807, 2.05) is 0 Å². The van der Waals surface area contributed by atoms with Crippen molar-refractivity contribution < 1.29 is 8.78 Å². The second-order valence-corrected chi connectivity index (χ2v) is 4.24. The molecule has 0 nitrogen and oxygen atoms in total. The second kappa shape index (κ2) is 2.91. The van der Waals surface area contributed by atoms with Gasteiger partial charge in [0.25, 0.3) is 0 Å². The first-order chi connectivity index (χ1) is 7.61. The molecule has 1 aliphatic rings. The smallest absolute Gasteiger partial charge is 0.134 e. The summed E-state index contributed by atoms with van der Waals surface area (Å²) in [6.07, 6.45) is 0. The second-order valence-electron chi connectivity index (χ2n) is 4.24. The molecule has 0 amide bonds. The van der Waals surface area contributed by atoms with Crippen LogP contribution < -0.4 is 0 Å². The Kier molecular flexibility index (Phi) is 1.73. The number of fused-ring (bicyclic) bond motifs is 4. The van der Waals surface area contributed by atoms with E-state index in [1.54, 1.807) is 38.1 Å². The molecule has 0 saturated carbocycles. The first-order valence-corrected chi connectivity index (χ1v) is 5.20. The zero-order valence-corrected chi connectivity index (χ0v) is 9.07. The minimum absolute atomic E-state index is 0.228. The molecule has 0 bridgehead atoms. The lowest BCUT2D eigenvalue weighted by atomic mass is 9.78. The van der Waals surface area contributed by atoms with Crippen molar-refractivity contribution in [2.24, 2.45) is 0 Å². The normalized spacial score (nSPS) is 11.8. The lowest BCUT2D eigenvalue weighted by Crippen LogP contribution is -2.06. The Bertz CT molecular complexity index is 543. The van der Waals surface area contributed by atoms with Gasteiger partial charge in [-0.15, -0.1) is 0 Å². The van der Waals surface area contributed by atoms with Crippen molar-refractivity contribution in [3.63, 3.8) is 0 Å². The molecular formula is C14H10F2. The van der Waals surface area contributed by atoms with Crippen molar-refractivity contribution in [1.82, 2.24) is 0 Å². The summed E-state index contributed by atoms with van der Waals surface area (Å²) < 4.78 is 27.7. The summed E-state index contributed by atoms with van der Waals surface area (Å²) in [7, 11) is 0. The molecule has 0 aromatic heterocycles. The maximum Gasteiger partial charge on any atom is 0.134 e. The van der Waals surface area contributed by atoms with Crippen LogP contribution in [0.5, 0.6) is 0 Å². The molecular weight excluding hydrogens is 206 g/mol. The van der Waals surface area contributed by atoms with E-state index < -0.39 is 0 Å². The Morgan fingerprint density at radius 2 is 1.06 bits per heavy atom. The first-order valence-electron chi connectivity index (χ1n) is 5.20. The molecule has 1 aliphatic carbocycles. The first kappa shape index (κ1) is 9.52. The quantitative estimate of drug-likeness (QED) is 0.527. The topological polar surface area (TPSA) is 0 Å². The third-order valence-corrected chi connectivity index (χ3v) is 3.21. The van der Waals surface area contributed by atoms with Crippen molar-refractivity contribution in [2.75, 3.05) is 0 Å². The number of halogens is 2. The molecule has 0 unspecified atom stereocenters. The predicted octanol–water partition coefficient (Wildman–Crippen LogP) is 4.23. The van der Waals surface area contributed by atoms with E-state index in [4.69, 9.17) is 0 Å². The Balaban J connectivity index is 2.34. The highest BCUT2D eigenvalue weighted by atomic mass is 19.1. The molecule has 2 aromatic rings. The van der Waals surface area contributed by atoms with Gasteiger partial charge in [0.05, 0.1) is 0 Å². The fourth-order valence-electron chi connectivity index (χ4n) is 2.24. The third-order valence-electron chi connectivity index (χ3n) is 3.21. The molecule has 0 N–H and O–H groups in total. The van der Waals surface area contributed by atoms with E-state index in [1.165, 1.54) is 0 Å². The summed E-state index contributed by atoms with van der Waals surface area (Å²) in [4.78, 5) is 0. The molecule has 16 heavy (non-hydrogen) atoms. The maximum absolute atomic E-state index is 13.8. The molecule has 2 aromatic carbocycles. The van der Waals surface area contributed by atoms with Crippen molar-refractivity contribution in [2.45, 2.75) is 13.8 Å². The van der Waals surface area contributed by atoms with Gasteiger partial charge in [-0.2, -0.15) is 0 Å². The molecule has 0 radical (unpaired) electrons. The van der Waals surface area contributed by atoms with Gasteiger partial charge < -0.3 is 0 Å². The number of hydrogen-bond acceptors (Lipinski definition) is 0. The van der Waals surface area contributed by atoms with Crippen molar-refractivity contribution in [3.8, 4) is 22.3 Å². The Labute approximate surface area is 92.5 Å². The van der Waals surface area contributed by atoms with Gasteiger partial charge in [0.2, 0.25) is 0 Å². The van der Waals surface area contributed by atoms with Crippen molar-refractivity contribution >= 4 is 0 Å². The zero-order valence-electron chi connectivity index (χ0n) is 9.07. The van der Waals surface area contributed by atoms with Crippen LogP contribution >= 0.6 is 0 Å². The van der Waals surface area contributed by atoms with Gasteiger partial charge in [-0.05, 0) is 36.1 Å². The molecule has 0 atom stereocenters. The van der Waals surface area contributed by atoms with Gasteiger partial charge in [-0.3, -0.25) is 0 Å². The van der Waals surface area contributed by atoms with E-state index in [2.05, 4.69) is 0 Å². The number of benzene rings is 2. The summed E-state index contributed by atoms with van der Waals surface area (Å²) in [5.74, 6) is -0.457. The maximum atomic E-state index is 13.8. The van der Waals surface area contributed by atoms with Gasteiger partial charge in [-0.1, -0.05) is 24.3 Å². The minimum atomic E-state index is -0.228. The molecule has 3 rings (SSSR count). The van der Waals surface area contributed by atoms with Crippen LogP contribution in [0.15, 0.2) is 24.3 Å². The Hall–Kier alpha value is -1.70. The molecule has 0 spiro atoms. The fourth-order valence-corrected chi connectivity index (χ4v) is 2.24. The number of hydrogen-bond donors (Lipinski definition) is 0. The van der Waals surface area contributed by atoms with Crippen molar-refractivity contribution in [3.05, 3.63) is 47.0 Å². The molecule has 0 aliphatic heterocycles. The van der Waals surface area contributed by atoms with Crippen LogP contribution in [0.4, 0.5) is 8.78 Å². The Morgan fingerprint density at radius 1 is 0.688 bits per heavy atom.